The van der Waals surface area contributed by atoms with Crippen LogP contribution in [-0.4, -0.2) is 28.9 Å². The maximum absolute atomic E-state index is 13.3. The number of hydrogen-bond donors (Lipinski definition) is 1. The normalized spacial score (nSPS) is 12.2. The molecule has 6 heteroatoms. The van der Waals surface area contributed by atoms with E-state index in [1.165, 1.54) is 12.1 Å². The van der Waals surface area contributed by atoms with E-state index in [-0.39, 0.29) is 17.8 Å². The van der Waals surface area contributed by atoms with E-state index >= 15 is 0 Å². The van der Waals surface area contributed by atoms with Gasteiger partial charge in [0.05, 0.1) is 15.2 Å². The van der Waals surface area contributed by atoms with Gasteiger partial charge in [-0.05, 0) is 49.7 Å². The summed E-state index contributed by atoms with van der Waals surface area (Å²) in [7, 11) is 1.72. The Morgan fingerprint density at radius 2 is 2.12 bits per heavy atom. The second-order valence-electron chi connectivity index (χ2n) is 6.11. The van der Waals surface area contributed by atoms with Crippen molar-refractivity contribution >= 4 is 33.1 Å². The molecule has 4 nitrogen and oxygen atoms in total. The van der Waals surface area contributed by atoms with Crippen molar-refractivity contribution in [3.63, 3.8) is 0 Å². The summed E-state index contributed by atoms with van der Waals surface area (Å²) in [5.74, 6) is -0.345. The fourth-order valence-electron chi connectivity index (χ4n) is 2.76. The van der Waals surface area contributed by atoms with E-state index in [0.29, 0.717) is 6.54 Å². The molecule has 3 aromatic rings. The molecule has 1 unspecified atom stereocenters. The summed E-state index contributed by atoms with van der Waals surface area (Å²) in [5.41, 5.74) is 2.62. The molecule has 2 aromatic carbocycles. The highest BCUT2D eigenvalue weighted by Gasteiger charge is 2.18. The monoisotopic (exact) mass is 357 g/mol. The zero-order valence-corrected chi connectivity index (χ0v) is 15.2. The summed E-state index contributed by atoms with van der Waals surface area (Å²) >= 11 is 1.63. The zero-order valence-electron chi connectivity index (χ0n) is 14.4. The number of likely N-dealkylation sites (N-methyl/N-ethyl adjacent to an activating group) is 1. The molecule has 1 atom stereocenters. The highest BCUT2D eigenvalue weighted by Crippen LogP contribution is 2.25. The third-order valence-corrected chi connectivity index (χ3v) is 4.87. The molecule has 25 heavy (non-hydrogen) atoms. The lowest BCUT2D eigenvalue weighted by Gasteiger charge is -2.23. The van der Waals surface area contributed by atoms with E-state index in [2.05, 4.69) is 10.3 Å². The van der Waals surface area contributed by atoms with Gasteiger partial charge in [-0.2, -0.15) is 0 Å². The average molecular weight is 357 g/mol. The minimum atomic E-state index is -0.384. The SMILES string of the molecule is Cc1nc2ccc(NC(C)C(=O)N(C)Cc3cccc(F)c3)cc2s1. The Morgan fingerprint density at radius 3 is 2.88 bits per heavy atom. The number of halogens is 1. The van der Waals surface area contributed by atoms with Crippen molar-refractivity contribution in [3.8, 4) is 0 Å². The number of hydrogen-bond acceptors (Lipinski definition) is 4. The lowest BCUT2D eigenvalue weighted by atomic mass is 10.2. The Kier molecular flexibility index (Phi) is 4.99. The highest BCUT2D eigenvalue weighted by atomic mass is 32.1. The van der Waals surface area contributed by atoms with Gasteiger partial charge in [0.2, 0.25) is 5.91 Å². The molecule has 0 saturated heterocycles. The molecule has 0 radical (unpaired) electrons. The molecule has 1 heterocycles. The standard InChI is InChI=1S/C19H20FN3OS/c1-12(19(24)23(3)11-14-5-4-6-15(20)9-14)21-16-7-8-17-18(10-16)25-13(2)22-17/h4-10,12,21H,11H2,1-3H3. The second-order valence-corrected chi connectivity index (χ2v) is 7.34. The summed E-state index contributed by atoms with van der Waals surface area (Å²) in [5, 5.41) is 4.25. The molecule has 0 bridgehead atoms. The number of amides is 1. The van der Waals surface area contributed by atoms with Crippen molar-refractivity contribution in [2.75, 3.05) is 12.4 Å². The minimum absolute atomic E-state index is 0.0511. The first-order valence-electron chi connectivity index (χ1n) is 8.05. The number of rotatable bonds is 5. The predicted molar refractivity (Wildman–Crippen MR) is 100 cm³/mol. The van der Waals surface area contributed by atoms with Gasteiger partial charge in [-0.3, -0.25) is 4.79 Å². The lowest BCUT2D eigenvalue weighted by Crippen LogP contribution is -2.38. The lowest BCUT2D eigenvalue weighted by molar-refractivity contribution is -0.130. The summed E-state index contributed by atoms with van der Waals surface area (Å²) in [4.78, 5) is 18.6. The largest absolute Gasteiger partial charge is 0.374 e. The number of fused-ring (bicyclic) bond motifs is 1. The molecule has 0 saturated carbocycles. The third-order valence-electron chi connectivity index (χ3n) is 3.93. The van der Waals surface area contributed by atoms with E-state index < -0.39 is 0 Å². The summed E-state index contributed by atoms with van der Waals surface area (Å²) in [6.45, 7) is 4.17. The molecule has 1 N–H and O–H groups in total. The molecule has 130 valence electrons. The van der Waals surface area contributed by atoms with E-state index in [1.807, 2.05) is 38.1 Å². The molecular weight excluding hydrogens is 337 g/mol. The third kappa shape index (κ3) is 4.14. The number of nitrogens with one attached hydrogen (secondary N) is 1. The van der Waals surface area contributed by atoms with Crippen LogP contribution in [0.2, 0.25) is 0 Å². The minimum Gasteiger partial charge on any atom is -0.374 e. The van der Waals surface area contributed by atoms with Gasteiger partial charge in [0.25, 0.3) is 0 Å². The van der Waals surface area contributed by atoms with Gasteiger partial charge in [0, 0.05) is 19.3 Å². The number of carbonyl (C=O) groups excluding carboxylic acids is 1. The fraction of sp³-hybridized carbons (Fsp3) is 0.263. The molecule has 0 aliphatic carbocycles. The van der Waals surface area contributed by atoms with Crippen molar-refractivity contribution in [3.05, 3.63) is 58.9 Å². The van der Waals surface area contributed by atoms with Crippen LogP contribution in [0.15, 0.2) is 42.5 Å². The Morgan fingerprint density at radius 1 is 1.32 bits per heavy atom. The van der Waals surface area contributed by atoms with Crippen molar-refractivity contribution in [1.29, 1.82) is 0 Å². The molecule has 0 fully saturated rings. The number of anilines is 1. The number of benzene rings is 2. The van der Waals surface area contributed by atoms with Gasteiger partial charge in [-0.1, -0.05) is 12.1 Å². The molecule has 0 aliphatic rings. The second kappa shape index (κ2) is 7.19. The van der Waals surface area contributed by atoms with Crippen LogP contribution >= 0.6 is 11.3 Å². The van der Waals surface area contributed by atoms with E-state index in [1.54, 1.807) is 29.4 Å². The topological polar surface area (TPSA) is 45.2 Å². The Balaban J connectivity index is 1.66. The Bertz CT molecular complexity index is 909. The first-order chi connectivity index (χ1) is 11.9. The first kappa shape index (κ1) is 17.4. The van der Waals surface area contributed by atoms with Crippen LogP contribution in [0, 0.1) is 12.7 Å². The molecule has 1 amide bonds. The van der Waals surface area contributed by atoms with Crippen LogP contribution in [0.4, 0.5) is 10.1 Å². The van der Waals surface area contributed by atoms with Crippen LogP contribution in [0.3, 0.4) is 0 Å². The fourth-order valence-corrected chi connectivity index (χ4v) is 3.63. The van der Waals surface area contributed by atoms with E-state index in [0.717, 1.165) is 26.5 Å². The average Bonchev–Trinajstić information content (AvgIpc) is 2.93. The highest BCUT2D eigenvalue weighted by molar-refractivity contribution is 7.18. The molecule has 0 spiro atoms. The molecule has 0 aliphatic heterocycles. The maximum atomic E-state index is 13.3. The molecular formula is C19H20FN3OS. The van der Waals surface area contributed by atoms with Gasteiger partial charge in [-0.25, -0.2) is 9.37 Å². The molecule has 1 aromatic heterocycles. The summed E-state index contributed by atoms with van der Waals surface area (Å²) in [6, 6.07) is 11.8. The number of aryl methyl sites for hydroxylation is 1. The number of nitrogens with zero attached hydrogens (tertiary/aromatic N) is 2. The predicted octanol–water partition coefficient (Wildman–Crippen LogP) is 4.20. The number of thiazole rings is 1. The van der Waals surface area contributed by atoms with Gasteiger partial charge in [-0.15, -0.1) is 11.3 Å². The van der Waals surface area contributed by atoms with E-state index in [9.17, 15) is 9.18 Å². The van der Waals surface area contributed by atoms with Crippen molar-refractivity contribution in [2.24, 2.45) is 0 Å². The van der Waals surface area contributed by atoms with Gasteiger partial charge >= 0.3 is 0 Å². The van der Waals surface area contributed by atoms with Gasteiger partial charge < -0.3 is 10.2 Å². The van der Waals surface area contributed by atoms with Crippen molar-refractivity contribution < 1.29 is 9.18 Å². The van der Waals surface area contributed by atoms with Gasteiger partial charge in [0.15, 0.2) is 0 Å². The summed E-state index contributed by atoms with van der Waals surface area (Å²) < 4.78 is 14.4. The smallest absolute Gasteiger partial charge is 0.244 e. The zero-order chi connectivity index (χ0) is 18.0. The van der Waals surface area contributed by atoms with Gasteiger partial charge in [0.1, 0.15) is 11.9 Å². The quantitative estimate of drug-likeness (QED) is 0.744. The Labute approximate surface area is 150 Å². The van der Waals surface area contributed by atoms with Crippen LogP contribution in [0.25, 0.3) is 10.2 Å². The van der Waals surface area contributed by atoms with Crippen LogP contribution in [-0.2, 0) is 11.3 Å². The van der Waals surface area contributed by atoms with Crippen LogP contribution in [0.1, 0.15) is 17.5 Å². The molecule has 3 rings (SSSR count). The van der Waals surface area contributed by atoms with Crippen LogP contribution < -0.4 is 5.32 Å². The van der Waals surface area contributed by atoms with Crippen LogP contribution in [0.5, 0.6) is 0 Å². The van der Waals surface area contributed by atoms with E-state index in [4.69, 9.17) is 0 Å². The van der Waals surface area contributed by atoms with Crippen molar-refractivity contribution in [2.45, 2.75) is 26.4 Å². The van der Waals surface area contributed by atoms with Crippen molar-refractivity contribution in [1.82, 2.24) is 9.88 Å². The number of aromatic nitrogens is 1. The first-order valence-corrected chi connectivity index (χ1v) is 8.87. The Hall–Kier alpha value is -2.47. The summed E-state index contributed by atoms with van der Waals surface area (Å²) in [6.07, 6.45) is 0. The maximum Gasteiger partial charge on any atom is 0.244 e. The number of carbonyl (C=O) groups is 1.